The predicted molar refractivity (Wildman–Crippen MR) is 76.5 cm³/mol. The molecule has 0 aliphatic rings. The average Bonchev–Trinajstić information content (AvgIpc) is 2.62. The number of hydrogen-bond donors (Lipinski definition) is 2. The van der Waals surface area contributed by atoms with Gasteiger partial charge in [-0.05, 0) is 29.3 Å². The molecule has 0 aliphatic heterocycles. The molecule has 0 aromatic heterocycles. The number of carboxylic acid groups (broad SMARTS) is 2. The van der Waals surface area contributed by atoms with Crippen molar-refractivity contribution in [2.75, 3.05) is 10.9 Å². The van der Waals surface area contributed by atoms with Gasteiger partial charge < -0.3 is 48.9 Å². The molecule has 0 spiro atoms. The fourth-order valence-corrected chi connectivity index (χ4v) is 1.50. The van der Waals surface area contributed by atoms with Crippen LogP contribution in [-0.4, -0.2) is 24.2 Å². The predicted octanol–water partition coefficient (Wildman–Crippen LogP) is -13.7. The molecule has 14 heteroatoms. The summed E-state index contributed by atoms with van der Waals surface area (Å²) in [4.78, 5) is 54.1. The molecule has 2 aromatic carbocycles. The molecule has 2 aromatic rings. The van der Waals surface area contributed by atoms with E-state index < -0.39 is 11.9 Å². The van der Waals surface area contributed by atoms with E-state index in [9.17, 15) is 19.8 Å². The zero-order valence-corrected chi connectivity index (χ0v) is 24.7. The molecule has 10 nitrogen and oxygen atoms in total. The van der Waals surface area contributed by atoms with Crippen molar-refractivity contribution in [3.8, 4) is 0 Å². The van der Waals surface area contributed by atoms with Gasteiger partial charge in [-0.25, -0.2) is 0 Å². The third kappa shape index (κ3) is 18.5. The summed E-state index contributed by atoms with van der Waals surface area (Å²) in [5.41, 5.74) is 5.78. The summed E-state index contributed by atoms with van der Waals surface area (Å²) < 4.78 is 0. The van der Waals surface area contributed by atoms with Crippen molar-refractivity contribution in [2.24, 2.45) is 0 Å². The topological polar surface area (TPSA) is 173 Å². The number of anilines is 2. The maximum atomic E-state index is 10.8. The zero-order valence-electron chi connectivity index (χ0n) is 16.7. The first-order valence-corrected chi connectivity index (χ1v) is 6.35. The van der Waals surface area contributed by atoms with Crippen LogP contribution in [0.2, 0.25) is 0 Å². The quantitative estimate of drug-likeness (QED) is 0.254. The van der Waals surface area contributed by atoms with E-state index in [1.54, 1.807) is 18.2 Å². The van der Waals surface area contributed by atoms with Crippen molar-refractivity contribution in [2.45, 2.75) is 0 Å². The van der Waals surface area contributed by atoms with Crippen molar-refractivity contribution in [1.82, 2.24) is 0 Å². The Morgan fingerprint density at radius 1 is 0.700 bits per heavy atom. The van der Waals surface area contributed by atoms with E-state index in [0.29, 0.717) is 5.69 Å². The van der Waals surface area contributed by atoms with Crippen LogP contribution < -0.4 is 139 Å². The molecule has 0 unspecified atom stereocenters. The molecule has 0 saturated heterocycles. The fourth-order valence-electron chi connectivity index (χ4n) is 1.50. The van der Waals surface area contributed by atoms with Crippen LogP contribution in [0.25, 0.3) is 0 Å². The van der Waals surface area contributed by atoms with Gasteiger partial charge in [0, 0.05) is 0 Å². The van der Waals surface area contributed by atoms with Crippen LogP contribution in [0, 0.1) is 12.1 Å². The molecule has 0 atom stereocenters. The molecule has 2 N–H and O–H groups in total. The summed E-state index contributed by atoms with van der Waals surface area (Å²) in [5, 5.41) is 21.6. The van der Waals surface area contributed by atoms with Crippen LogP contribution >= 0.6 is 0 Å². The van der Waals surface area contributed by atoms with Gasteiger partial charge in [0.2, 0.25) is 0 Å². The van der Waals surface area contributed by atoms with Crippen LogP contribution in [0.1, 0.15) is 20.7 Å². The zero-order chi connectivity index (χ0) is 19.9. The van der Waals surface area contributed by atoms with Gasteiger partial charge in [-0.15, -0.1) is 0 Å². The summed E-state index contributed by atoms with van der Waals surface area (Å²) >= 11 is 0. The van der Waals surface area contributed by atoms with Crippen LogP contribution in [0.3, 0.4) is 0 Å². The van der Waals surface area contributed by atoms with Gasteiger partial charge in [-0.1, -0.05) is 0 Å². The number of rotatable bonds is 5. The molecule has 0 heterocycles. The number of carbonyl (C=O) groups is 2. The largest absolute Gasteiger partial charge is 1.00 e. The van der Waals surface area contributed by atoms with Crippen molar-refractivity contribution in [1.29, 1.82) is 0 Å². The van der Waals surface area contributed by atoms with Gasteiger partial charge >= 0.3 is 131 Å². The first-order chi connectivity index (χ1) is 12.4. The minimum atomic E-state index is -1.47. The first kappa shape index (κ1) is 40.1. The number of nitrogens with one attached hydrogen (secondary N) is 2. The maximum absolute atomic E-state index is 10.8. The monoisotopic (exact) mass is 448 g/mol. The normalized spacial score (nSPS) is 7.07. The Balaban J connectivity index is -0.000000187. The Kier molecular flexibility index (Phi) is 33.5. The molecular formula is C16H8N2Na4O8. The van der Waals surface area contributed by atoms with Gasteiger partial charge in [0.15, 0.2) is 0 Å². The Morgan fingerprint density at radius 3 is 1.37 bits per heavy atom. The Labute approximate surface area is 259 Å². The maximum Gasteiger partial charge on any atom is 1.00 e. The second-order valence-electron chi connectivity index (χ2n) is 4.01. The van der Waals surface area contributed by atoms with Crippen LogP contribution in [0.15, 0.2) is 36.4 Å². The van der Waals surface area contributed by atoms with Crippen molar-refractivity contribution in [3.05, 3.63) is 59.7 Å². The summed E-state index contributed by atoms with van der Waals surface area (Å²) in [6, 6.07) is 13.9. The molecular weight excluding hydrogens is 440 g/mol. The molecule has 0 fully saturated rings. The third-order valence-corrected chi connectivity index (χ3v) is 2.40. The van der Waals surface area contributed by atoms with Gasteiger partial charge in [0.25, 0.3) is 0 Å². The average molecular weight is 448 g/mol. The third-order valence-electron chi connectivity index (χ3n) is 2.40. The summed E-state index contributed by atoms with van der Waals surface area (Å²) in [6.07, 6.45) is 0.500. The smallest absolute Gasteiger partial charge is 0.545 e. The van der Waals surface area contributed by atoms with E-state index in [1.807, 2.05) is 0 Å². The van der Waals surface area contributed by atoms with E-state index in [0.717, 1.165) is 6.07 Å². The van der Waals surface area contributed by atoms with E-state index in [1.165, 1.54) is 12.1 Å². The number of carbonyl (C=O) groups excluding carboxylic acids is 6. The molecule has 0 bridgehead atoms. The van der Waals surface area contributed by atoms with E-state index >= 15 is 0 Å². The van der Waals surface area contributed by atoms with Crippen LogP contribution in [0.4, 0.5) is 11.4 Å². The summed E-state index contributed by atoms with van der Waals surface area (Å²) in [5.74, 6) is -2.95. The molecule has 2 rings (SSSR count). The van der Waals surface area contributed by atoms with Gasteiger partial charge in [0.05, 0.1) is 17.6 Å². The van der Waals surface area contributed by atoms with E-state index in [-0.39, 0.29) is 147 Å². The molecule has 30 heavy (non-hydrogen) atoms. The summed E-state index contributed by atoms with van der Waals surface area (Å²) in [7, 11) is 0. The van der Waals surface area contributed by atoms with Gasteiger partial charge in [-0.3, -0.25) is 12.1 Å². The minimum absolute atomic E-state index is 0. The van der Waals surface area contributed by atoms with Gasteiger partial charge in [0.1, 0.15) is 0 Å². The number of aromatic carboxylic acids is 2. The SMILES string of the molecule is O=C([O-])c1cc(NNc2c[c-]c[c-]c2)cc(C(=O)[O-])c1.O=C=O.O=C=O.[Na+].[Na+].[Na+].[Na+]. The molecule has 0 radical (unpaired) electrons. The van der Waals surface area contributed by atoms with E-state index in [4.69, 9.17) is 19.2 Å². The Hall–Kier alpha value is -0.260. The Bertz CT molecular complexity index is 781. The minimum Gasteiger partial charge on any atom is -0.545 e. The summed E-state index contributed by atoms with van der Waals surface area (Å²) in [6.45, 7) is 0. The van der Waals surface area contributed by atoms with Crippen molar-refractivity contribution in [3.63, 3.8) is 0 Å². The second-order valence-corrected chi connectivity index (χ2v) is 4.01. The molecule has 0 saturated carbocycles. The Morgan fingerprint density at radius 2 is 1.03 bits per heavy atom. The molecule has 134 valence electrons. The van der Waals surface area contributed by atoms with Crippen LogP contribution in [0.5, 0.6) is 0 Å². The van der Waals surface area contributed by atoms with Crippen LogP contribution in [-0.2, 0) is 19.2 Å². The fraction of sp³-hybridized carbons (Fsp3) is 0. The van der Waals surface area contributed by atoms with Crippen molar-refractivity contribution >= 4 is 35.6 Å². The standard InChI is InChI=1S/C14H10N2O4.2CO2.4Na/c17-13(18)9-6-10(14(19)20)8-12(7-9)16-15-11-4-2-1-3-5-11;2*2-1-3;;;;/h1,4-8,15-16H,(H,17,18)(H,19,20);;;;;;/q-2;;;4*+1/p-2. The second kappa shape index (κ2) is 25.0. The molecule has 0 amide bonds. The van der Waals surface area contributed by atoms with Crippen molar-refractivity contribution < 1.29 is 157 Å². The number of hydrazine groups is 1. The van der Waals surface area contributed by atoms with Gasteiger partial charge in [-0.2, -0.15) is 24.9 Å². The molecule has 0 aliphatic carbocycles. The number of carboxylic acids is 2. The number of hydrogen-bond acceptors (Lipinski definition) is 10. The number of benzene rings is 2. The van der Waals surface area contributed by atoms with E-state index in [2.05, 4.69) is 23.0 Å². The first-order valence-electron chi connectivity index (χ1n) is 6.35.